The first-order valence-corrected chi connectivity index (χ1v) is 7.85. The van der Waals surface area contributed by atoms with Crippen LogP contribution < -0.4 is 4.74 Å². The zero-order valence-corrected chi connectivity index (χ0v) is 13.5. The number of rotatable bonds is 8. The van der Waals surface area contributed by atoms with Crippen molar-refractivity contribution < 1.29 is 4.74 Å². The highest BCUT2D eigenvalue weighted by atomic mass is 16.5. The topological polar surface area (TPSA) is 12.5 Å². The molecule has 0 spiro atoms. The summed E-state index contributed by atoms with van der Waals surface area (Å²) in [6, 6.07) is 18.5. The van der Waals surface area contributed by atoms with E-state index in [9.17, 15) is 0 Å². The second kappa shape index (κ2) is 9.06. The molecule has 2 rings (SSSR count). The van der Waals surface area contributed by atoms with E-state index < -0.39 is 0 Å². The van der Waals surface area contributed by atoms with Gasteiger partial charge in [0.2, 0.25) is 0 Å². The fourth-order valence-corrected chi connectivity index (χ4v) is 2.21. The summed E-state index contributed by atoms with van der Waals surface area (Å²) >= 11 is 0. The maximum absolute atomic E-state index is 5.94. The summed E-state index contributed by atoms with van der Waals surface area (Å²) in [5, 5.41) is 0. The first-order chi connectivity index (χ1) is 10.8. The minimum absolute atomic E-state index is 0.768. The lowest BCUT2D eigenvalue weighted by Crippen LogP contribution is -2.13. The van der Waals surface area contributed by atoms with Crippen molar-refractivity contribution in [2.75, 3.05) is 27.2 Å². The lowest BCUT2D eigenvalue weighted by molar-refractivity contribution is 0.292. The highest BCUT2D eigenvalue weighted by Crippen LogP contribution is 2.21. The van der Waals surface area contributed by atoms with Gasteiger partial charge in [0.05, 0.1) is 6.61 Å². The number of ether oxygens (including phenoxy) is 1. The van der Waals surface area contributed by atoms with Gasteiger partial charge < -0.3 is 9.64 Å². The molecule has 0 unspecified atom stereocenters. The van der Waals surface area contributed by atoms with Crippen molar-refractivity contribution in [2.45, 2.75) is 12.8 Å². The van der Waals surface area contributed by atoms with Crippen molar-refractivity contribution >= 4 is 12.2 Å². The van der Waals surface area contributed by atoms with Crippen LogP contribution in [0, 0.1) is 0 Å². The molecular weight excluding hydrogens is 270 g/mol. The Kier molecular flexibility index (Phi) is 6.72. The largest absolute Gasteiger partial charge is 0.493 e. The number of unbranched alkanes of at least 4 members (excludes halogenated alkanes) is 1. The molecule has 0 saturated carbocycles. The monoisotopic (exact) mass is 295 g/mol. The molecule has 2 aromatic carbocycles. The molecule has 0 aliphatic rings. The van der Waals surface area contributed by atoms with Crippen LogP contribution in [-0.4, -0.2) is 32.1 Å². The van der Waals surface area contributed by atoms with Crippen molar-refractivity contribution in [3.05, 3.63) is 65.7 Å². The number of benzene rings is 2. The Bertz CT molecular complexity index is 575. The second-order valence-corrected chi connectivity index (χ2v) is 5.64. The first-order valence-electron chi connectivity index (χ1n) is 7.85. The average molecular weight is 295 g/mol. The molecule has 0 heterocycles. The Morgan fingerprint density at radius 1 is 0.864 bits per heavy atom. The van der Waals surface area contributed by atoms with E-state index in [-0.39, 0.29) is 0 Å². The normalized spacial score (nSPS) is 11.2. The van der Waals surface area contributed by atoms with E-state index in [1.54, 1.807) is 0 Å². The summed E-state index contributed by atoms with van der Waals surface area (Å²) < 4.78 is 5.94. The van der Waals surface area contributed by atoms with Gasteiger partial charge in [-0.1, -0.05) is 60.7 Å². The molecule has 0 fully saturated rings. The van der Waals surface area contributed by atoms with Crippen molar-refractivity contribution in [3.8, 4) is 5.75 Å². The standard InChI is InChI=1S/C20H25NO/c1-21(2)16-8-9-17-22-20-13-7-6-12-19(20)15-14-18-10-4-3-5-11-18/h3-7,10-15H,8-9,16-17H2,1-2H3. The zero-order chi connectivity index (χ0) is 15.6. The predicted octanol–water partition coefficient (Wildman–Crippen LogP) is 4.58. The van der Waals surface area contributed by atoms with E-state index in [4.69, 9.17) is 4.74 Å². The van der Waals surface area contributed by atoms with Crippen molar-refractivity contribution in [1.82, 2.24) is 4.90 Å². The highest BCUT2D eigenvalue weighted by molar-refractivity contribution is 5.72. The van der Waals surface area contributed by atoms with Gasteiger partial charge in [0.15, 0.2) is 0 Å². The Labute approximate surface area is 134 Å². The van der Waals surface area contributed by atoms with Crippen LogP contribution in [0.15, 0.2) is 54.6 Å². The van der Waals surface area contributed by atoms with Crippen molar-refractivity contribution in [3.63, 3.8) is 0 Å². The molecule has 2 nitrogen and oxygen atoms in total. The number of nitrogens with zero attached hydrogens (tertiary/aromatic N) is 1. The van der Waals surface area contributed by atoms with Crippen LogP contribution in [0.2, 0.25) is 0 Å². The van der Waals surface area contributed by atoms with Gasteiger partial charge in [0, 0.05) is 5.56 Å². The molecule has 0 aliphatic heterocycles. The fraction of sp³-hybridized carbons (Fsp3) is 0.300. The molecule has 2 heteroatoms. The van der Waals surface area contributed by atoms with Gasteiger partial charge in [-0.25, -0.2) is 0 Å². The number of hydrogen-bond acceptors (Lipinski definition) is 2. The van der Waals surface area contributed by atoms with Crippen LogP contribution in [0.4, 0.5) is 0 Å². The molecule has 22 heavy (non-hydrogen) atoms. The molecule has 2 aromatic rings. The van der Waals surface area contributed by atoms with Gasteiger partial charge >= 0.3 is 0 Å². The molecule has 0 aromatic heterocycles. The van der Waals surface area contributed by atoms with Gasteiger partial charge in [0.25, 0.3) is 0 Å². The van der Waals surface area contributed by atoms with Crippen LogP contribution in [0.3, 0.4) is 0 Å². The Morgan fingerprint density at radius 2 is 1.59 bits per heavy atom. The Morgan fingerprint density at radius 3 is 2.36 bits per heavy atom. The lowest BCUT2D eigenvalue weighted by atomic mass is 10.1. The van der Waals surface area contributed by atoms with E-state index >= 15 is 0 Å². The molecule has 0 radical (unpaired) electrons. The second-order valence-electron chi connectivity index (χ2n) is 5.64. The van der Waals surface area contributed by atoms with Gasteiger partial charge in [-0.2, -0.15) is 0 Å². The molecule has 0 N–H and O–H groups in total. The van der Waals surface area contributed by atoms with Crippen molar-refractivity contribution in [1.29, 1.82) is 0 Å². The molecule has 0 bridgehead atoms. The van der Waals surface area contributed by atoms with Crippen LogP contribution in [0.1, 0.15) is 24.0 Å². The molecular formula is C20H25NO. The summed E-state index contributed by atoms with van der Waals surface area (Å²) in [5.41, 5.74) is 2.32. The third-order valence-corrected chi connectivity index (χ3v) is 3.43. The van der Waals surface area contributed by atoms with Gasteiger partial charge in [-0.05, 0) is 45.1 Å². The Hall–Kier alpha value is -2.06. The smallest absolute Gasteiger partial charge is 0.126 e. The maximum atomic E-state index is 5.94. The zero-order valence-electron chi connectivity index (χ0n) is 13.5. The van der Waals surface area contributed by atoms with E-state index in [2.05, 4.69) is 49.3 Å². The van der Waals surface area contributed by atoms with Gasteiger partial charge in [0.1, 0.15) is 5.75 Å². The number of hydrogen-bond donors (Lipinski definition) is 0. The van der Waals surface area contributed by atoms with Gasteiger partial charge in [-0.15, -0.1) is 0 Å². The molecule has 0 amide bonds. The summed E-state index contributed by atoms with van der Waals surface area (Å²) in [6.45, 7) is 1.88. The first kappa shape index (κ1) is 16.3. The van der Waals surface area contributed by atoms with Crippen LogP contribution in [-0.2, 0) is 0 Å². The predicted molar refractivity (Wildman–Crippen MR) is 95.1 cm³/mol. The van der Waals surface area contributed by atoms with Crippen LogP contribution >= 0.6 is 0 Å². The summed E-state index contributed by atoms with van der Waals surface area (Å²) in [4.78, 5) is 2.20. The Balaban J connectivity index is 1.91. The quantitative estimate of drug-likeness (QED) is 0.522. The van der Waals surface area contributed by atoms with Gasteiger partial charge in [-0.3, -0.25) is 0 Å². The summed E-state index contributed by atoms with van der Waals surface area (Å²) in [5.74, 6) is 0.958. The lowest BCUT2D eigenvalue weighted by Gasteiger charge is -2.11. The summed E-state index contributed by atoms with van der Waals surface area (Å²) in [6.07, 6.45) is 6.47. The SMILES string of the molecule is CN(C)CCCCOc1ccccc1C=Cc1ccccc1. The summed E-state index contributed by atoms with van der Waals surface area (Å²) in [7, 11) is 4.20. The van der Waals surface area contributed by atoms with E-state index in [0.717, 1.165) is 37.3 Å². The van der Waals surface area contributed by atoms with Crippen molar-refractivity contribution in [2.24, 2.45) is 0 Å². The van der Waals surface area contributed by atoms with Crippen LogP contribution in [0.25, 0.3) is 12.2 Å². The fourth-order valence-electron chi connectivity index (χ4n) is 2.21. The molecule has 0 saturated heterocycles. The maximum Gasteiger partial charge on any atom is 0.126 e. The average Bonchev–Trinajstić information content (AvgIpc) is 2.54. The third-order valence-electron chi connectivity index (χ3n) is 3.43. The number of para-hydroxylation sites is 1. The van der Waals surface area contributed by atoms with Crippen LogP contribution in [0.5, 0.6) is 5.75 Å². The molecule has 116 valence electrons. The van der Waals surface area contributed by atoms with E-state index in [1.165, 1.54) is 5.56 Å². The highest BCUT2D eigenvalue weighted by Gasteiger charge is 2.00. The minimum atomic E-state index is 0.768. The molecule has 0 atom stereocenters. The molecule has 0 aliphatic carbocycles. The third kappa shape index (κ3) is 5.74. The van der Waals surface area contributed by atoms with E-state index in [0.29, 0.717) is 0 Å². The minimum Gasteiger partial charge on any atom is -0.493 e. The van der Waals surface area contributed by atoms with E-state index in [1.807, 2.05) is 36.4 Å².